The molecule has 0 N–H and O–H groups in total. The highest BCUT2D eigenvalue weighted by Crippen LogP contribution is 2.40. The zero-order valence-electron chi connectivity index (χ0n) is 14.2. The number of halogens is 2. The molecule has 140 valence electrons. The van der Waals surface area contributed by atoms with Crippen molar-refractivity contribution in [2.24, 2.45) is 0 Å². The van der Waals surface area contributed by atoms with E-state index in [9.17, 15) is 8.42 Å². The van der Waals surface area contributed by atoms with E-state index < -0.39 is 10.0 Å². The van der Waals surface area contributed by atoms with Crippen molar-refractivity contribution in [3.63, 3.8) is 0 Å². The van der Waals surface area contributed by atoms with Crippen LogP contribution in [0.2, 0.25) is 10.0 Å². The van der Waals surface area contributed by atoms with Gasteiger partial charge in [0.05, 0.1) is 33.3 Å². The van der Waals surface area contributed by atoms with Crippen LogP contribution in [0, 0.1) is 0 Å². The van der Waals surface area contributed by atoms with Crippen molar-refractivity contribution >= 4 is 33.2 Å². The maximum Gasteiger partial charge on any atom is 0.243 e. The van der Waals surface area contributed by atoms with Gasteiger partial charge in [0.25, 0.3) is 0 Å². The van der Waals surface area contributed by atoms with Crippen LogP contribution in [-0.4, -0.2) is 50.7 Å². The summed E-state index contributed by atoms with van der Waals surface area (Å²) in [7, 11) is -3.57. The highest BCUT2D eigenvalue weighted by molar-refractivity contribution is 7.89. The third-order valence-corrected chi connectivity index (χ3v) is 7.64. The van der Waals surface area contributed by atoms with E-state index in [1.165, 1.54) is 22.5 Å². The number of nitrogens with zero attached hydrogens (tertiary/aromatic N) is 1. The second-order valence-electron chi connectivity index (χ2n) is 6.60. The molecule has 2 aliphatic rings. The van der Waals surface area contributed by atoms with Crippen molar-refractivity contribution in [1.82, 2.24) is 4.31 Å². The summed E-state index contributed by atoms with van der Waals surface area (Å²) in [5.74, 6) is 0. The minimum atomic E-state index is -3.57. The van der Waals surface area contributed by atoms with Crippen LogP contribution in [0.4, 0.5) is 0 Å². The van der Waals surface area contributed by atoms with Gasteiger partial charge in [-0.2, -0.15) is 4.31 Å². The lowest BCUT2D eigenvalue weighted by atomic mass is 9.89. The zero-order chi connectivity index (χ0) is 18.1. The largest absolute Gasteiger partial charge is 0.379 e. The lowest BCUT2D eigenvalue weighted by Crippen LogP contribution is -2.46. The number of ether oxygens (including phenoxy) is 2. The molecule has 8 heteroatoms. The summed E-state index contributed by atoms with van der Waals surface area (Å²) < 4.78 is 38.8. The molecular formula is C17H23Cl2NO4S. The smallest absolute Gasteiger partial charge is 0.243 e. The number of hydrogen-bond acceptors (Lipinski definition) is 4. The number of sulfonamides is 1. The van der Waals surface area contributed by atoms with Crippen LogP contribution in [-0.2, 0) is 19.5 Å². The Kier molecular flexibility index (Phi) is 5.98. The Morgan fingerprint density at radius 3 is 2.60 bits per heavy atom. The summed E-state index contributed by atoms with van der Waals surface area (Å²) in [4.78, 5) is 0.180. The molecule has 2 aliphatic heterocycles. The molecule has 1 unspecified atom stereocenters. The fourth-order valence-corrected chi connectivity index (χ4v) is 5.38. The van der Waals surface area contributed by atoms with Gasteiger partial charge in [-0.1, -0.05) is 23.2 Å². The molecule has 1 spiro atoms. The highest BCUT2D eigenvalue weighted by Gasteiger charge is 2.44. The van der Waals surface area contributed by atoms with Gasteiger partial charge in [0.1, 0.15) is 0 Å². The molecule has 0 saturated carbocycles. The minimum Gasteiger partial charge on any atom is -0.379 e. The standard InChI is InChI=1S/C17H23Cl2NO4S/c1-2-23-12-13-5-6-17(24-13)7-9-20(10-8-17)25(21,22)14-3-4-15(18)16(19)11-14/h3-4,11,13H,2,5-10,12H2,1H3. The predicted octanol–water partition coefficient (Wildman–Crippen LogP) is 3.73. The van der Waals surface area contributed by atoms with Crippen molar-refractivity contribution in [2.75, 3.05) is 26.3 Å². The third-order valence-electron chi connectivity index (χ3n) is 5.01. The Morgan fingerprint density at radius 2 is 1.96 bits per heavy atom. The van der Waals surface area contributed by atoms with E-state index in [1.54, 1.807) is 0 Å². The molecule has 2 heterocycles. The maximum atomic E-state index is 12.8. The Morgan fingerprint density at radius 1 is 1.24 bits per heavy atom. The first-order valence-corrected chi connectivity index (χ1v) is 10.8. The van der Waals surface area contributed by atoms with Crippen LogP contribution in [0.3, 0.4) is 0 Å². The van der Waals surface area contributed by atoms with E-state index >= 15 is 0 Å². The fourth-order valence-electron chi connectivity index (χ4n) is 3.55. The van der Waals surface area contributed by atoms with Gasteiger partial charge in [-0.05, 0) is 50.8 Å². The minimum absolute atomic E-state index is 0.123. The average molecular weight is 408 g/mol. The molecule has 25 heavy (non-hydrogen) atoms. The first-order chi connectivity index (χ1) is 11.9. The summed E-state index contributed by atoms with van der Waals surface area (Å²) >= 11 is 11.8. The Labute approximate surface area is 159 Å². The zero-order valence-corrected chi connectivity index (χ0v) is 16.5. The molecule has 0 aromatic heterocycles. The predicted molar refractivity (Wildman–Crippen MR) is 97.8 cm³/mol. The second kappa shape index (κ2) is 7.71. The first kappa shape index (κ1) is 19.4. The van der Waals surface area contributed by atoms with Crippen LogP contribution in [0.1, 0.15) is 32.6 Å². The molecular weight excluding hydrogens is 385 g/mol. The monoisotopic (exact) mass is 407 g/mol. The number of rotatable bonds is 5. The van der Waals surface area contributed by atoms with E-state index in [2.05, 4.69) is 0 Å². The van der Waals surface area contributed by atoms with Crippen LogP contribution in [0.5, 0.6) is 0 Å². The van der Waals surface area contributed by atoms with Crippen molar-refractivity contribution in [3.8, 4) is 0 Å². The summed E-state index contributed by atoms with van der Waals surface area (Å²) in [6, 6.07) is 4.42. The van der Waals surface area contributed by atoms with Crippen molar-refractivity contribution in [2.45, 2.75) is 49.2 Å². The molecule has 2 saturated heterocycles. The normalized spacial score (nSPS) is 24.0. The van der Waals surface area contributed by atoms with Crippen molar-refractivity contribution < 1.29 is 17.9 Å². The van der Waals surface area contributed by atoms with E-state index in [0.717, 1.165) is 12.8 Å². The van der Waals surface area contributed by atoms with Gasteiger partial charge in [0.2, 0.25) is 10.0 Å². The van der Waals surface area contributed by atoms with Gasteiger partial charge in [-0.15, -0.1) is 0 Å². The van der Waals surface area contributed by atoms with Crippen molar-refractivity contribution in [1.29, 1.82) is 0 Å². The maximum absolute atomic E-state index is 12.8. The lowest BCUT2D eigenvalue weighted by Gasteiger charge is -2.38. The van der Waals surface area contributed by atoms with Crippen LogP contribution >= 0.6 is 23.2 Å². The Balaban J connectivity index is 1.65. The molecule has 3 rings (SSSR count). The molecule has 1 aromatic carbocycles. The SMILES string of the molecule is CCOCC1CCC2(CCN(S(=O)(=O)c3ccc(Cl)c(Cl)c3)CC2)O1. The van der Waals surface area contributed by atoms with Gasteiger partial charge in [-0.3, -0.25) is 0 Å². The van der Waals surface area contributed by atoms with Crippen molar-refractivity contribution in [3.05, 3.63) is 28.2 Å². The molecule has 1 aromatic rings. The summed E-state index contributed by atoms with van der Waals surface area (Å²) in [5.41, 5.74) is -0.203. The van der Waals surface area contributed by atoms with E-state index in [1.807, 2.05) is 6.92 Å². The number of benzene rings is 1. The summed E-state index contributed by atoms with van der Waals surface area (Å²) in [5, 5.41) is 0.590. The highest BCUT2D eigenvalue weighted by atomic mass is 35.5. The molecule has 2 fully saturated rings. The number of piperidine rings is 1. The molecule has 1 atom stereocenters. The second-order valence-corrected chi connectivity index (χ2v) is 9.35. The average Bonchev–Trinajstić information content (AvgIpc) is 2.98. The van der Waals surface area contributed by atoms with Gasteiger partial charge < -0.3 is 9.47 Å². The molecule has 0 bridgehead atoms. The van der Waals surface area contributed by atoms with Gasteiger partial charge in [0.15, 0.2) is 0 Å². The fraction of sp³-hybridized carbons (Fsp3) is 0.647. The lowest BCUT2D eigenvalue weighted by molar-refractivity contribution is -0.0900. The topological polar surface area (TPSA) is 55.8 Å². The Bertz CT molecular complexity index is 717. The molecule has 0 radical (unpaired) electrons. The summed E-state index contributed by atoms with van der Waals surface area (Å²) in [6.45, 7) is 4.16. The van der Waals surface area contributed by atoms with Gasteiger partial charge >= 0.3 is 0 Å². The van der Waals surface area contributed by atoms with Crippen LogP contribution in [0.25, 0.3) is 0 Å². The first-order valence-electron chi connectivity index (χ1n) is 8.57. The van der Waals surface area contributed by atoms with Gasteiger partial charge in [0, 0.05) is 19.7 Å². The van der Waals surface area contributed by atoms with E-state index in [0.29, 0.717) is 44.2 Å². The quantitative estimate of drug-likeness (QED) is 0.745. The third kappa shape index (κ3) is 4.15. The van der Waals surface area contributed by atoms with Gasteiger partial charge in [-0.25, -0.2) is 8.42 Å². The molecule has 0 amide bonds. The van der Waals surface area contributed by atoms with Crippen LogP contribution in [0.15, 0.2) is 23.1 Å². The number of hydrogen-bond donors (Lipinski definition) is 0. The molecule has 0 aliphatic carbocycles. The van der Waals surface area contributed by atoms with E-state index in [-0.39, 0.29) is 21.6 Å². The Hall–Kier alpha value is -0.370. The van der Waals surface area contributed by atoms with Crippen LogP contribution < -0.4 is 0 Å². The summed E-state index contributed by atoms with van der Waals surface area (Å²) in [6.07, 6.45) is 3.47. The van der Waals surface area contributed by atoms with E-state index in [4.69, 9.17) is 32.7 Å². The molecule has 5 nitrogen and oxygen atoms in total.